The molecule has 3 aliphatic rings. The van der Waals surface area contributed by atoms with Gasteiger partial charge in [-0.1, -0.05) is 6.07 Å². The number of rotatable bonds is 8. The number of piperazine rings is 1. The van der Waals surface area contributed by atoms with Gasteiger partial charge in [0.15, 0.2) is 5.76 Å². The molecule has 6 rings (SSSR count). The van der Waals surface area contributed by atoms with Gasteiger partial charge in [-0.2, -0.15) is 0 Å². The van der Waals surface area contributed by atoms with Crippen LogP contribution < -0.4 is 15.1 Å². The topological polar surface area (TPSA) is 87.0 Å². The molecule has 3 fully saturated rings. The van der Waals surface area contributed by atoms with E-state index in [0.29, 0.717) is 5.76 Å². The minimum Gasteiger partial charge on any atom is -0.459 e. The monoisotopic (exact) mass is 544 g/mol. The molecule has 0 radical (unpaired) electrons. The Labute approximate surface area is 236 Å². The van der Waals surface area contributed by atoms with Gasteiger partial charge in [0.2, 0.25) is 0 Å². The molecule has 9 heteroatoms. The van der Waals surface area contributed by atoms with Gasteiger partial charge in [-0.3, -0.25) is 14.7 Å². The molecule has 1 saturated carbocycles. The van der Waals surface area contributed by atoms with E-state index in [1.54, 1.807) is 18.4 Å². The number of ether oxygens (including phenoxy) is 1. The van der Waals surface area contributed by atoms with Crippen molar-refractivity contribution >= 4 is 17.5 Å². The molecule has 0 unspecified atom stereocenters. The van der Waals surface area contributed by atoms with Crippen molar-refractivity contribution < 1.29 is 13.9 Å². The van der Waals surface area contributed by atoms with Gasteiger partial charge in [0, 0.05) is 63.3 Å². The van der Waals surface area contributed by atoms with Gasteiger partial charge in [0.05, 0.1) is 19.5 Å². The largest absolute Gasteiger partial charge is 0.459 e. The van der Waals surface area contributed by atoms with Crippen molar-refractivity contribution in [1.29, 1.82) is 0 Å². The Morgan fingerprint density at radius 3 is 2.33 bits per heavy atom. The molecular formula is C31H40N6O3. The lowest BCUT2D eigenvalue weighted by Gasteiger charge is -2.37. The average Bonchev–Trinajstić information content (AvgIpc) is 3.57. The van der Waals surface area contributed by atoms with Crippen LogP contribution in [0.4, 0.5) is 11.6 Å². The van der Waals surface area contributed by atoms with Gasteiger partial charge < -0.3 is 24.3 Å². The summed E-state index contributed by atoms with van der Waals surface area (Å²) in [6.07, 6.45) is 11.0. The molecule has 2 saturated heterocycles. The fraction of sp³-hybridized carbons (Fsp3) is 0.516. The average molecular weight is 545 g/mol. The first-order valence-electron chi connectivity index (χ1n) is 14.8. The number of aromatic nitrogens is 2. The second kappa shape index (κ2) is 12.8. The molecule has 0 spiro atoms. The second-order valence-electron chi connectivity index (χ2n) is 11.2. The van der Waals surface area contributed by atoms with Gasteiger partial charge in [0.1, 0.15) is 11.6 Å². The molecule has 40 heavy (non-hydrogen) atoms. The Hall–Kier alpha value is -3.43. The number of morpholine rings is 1. The number of hydrogen-bond donors (Lipinski definition) is 1. The van der Waals surface area contributed by atoms with E-state index in [-0.39, 0.29) is 11.9 Å². The number of carbonyl (C=O) groups excluding carboxylic acids is 1. The van der Waals surface area contributed by atoms with Crippen molar-refractivity contribution in [3.05, 3.63) is 60.8 Å². The van der Waals surface area contributed by atoms with Crippen molar-refractivity contribution in [2.24, 2.45) is 5.92 Å². The van der Waals surface area contributed by atoms with E-state index in [0.717, 1.165) is 101 Å². The Morgan fingerprint density at radius 1 is 0.900 bits per heavy atom. The third-order valence-electron chi connectivity index (χ3n) is 8.61. The third kappa shape index (κ3) is 6.64. The van der Waals surface area contributed by atoms with Crippen LogP contribution in [0, 0.1) is 5.92 Å². The lowest BCUT2D eigenvalue weighted by atomic mass is 9.84. The SMILES string of the molecule is O=C(N[C@H]1CC[C@H](CCN2CCN(c3cc(-c4cccnc4)cc(N4CCOCC4)n3)CC2)CC1)c1ccco1. The maximum absolute atomic E-state index is 12.3. The van der Waals surface area contributed by atoms with Crippen molar-refractivity contribution in [3.63, 3.8) is 0 Å². The van der Waals surface area contributed by atoms with Crippen molar-refractivity contribution in [2.75, 3.05) is 68.8 Å². The van der Waals surface area contributed by atoms with Crippen LogP contribution in [0.3, 0.4) is 0 Å². The number of nitrogens with one attached hydrogen (secondary N) is 1. The summed E-state index contributed by atoms with van der Waals surface area (Å²) in [5.74, 6) is 3.13. The zero-order valence-electron chi connectivity index (χ0n) is 23.2. The maximum atomic E-state index is 12.3. The fourth-order valence-corrected chi connectivity index (χ4v) is 6.14. The molecule has 0 atom stereocenters. The number of nitrogens with zero attached hydrogens (tertiary/aromatic N) is 5. The third-order valence-corrected chi connectivity index (χ3v) is 8.61. The van der Waals surface area contributed by atoms with Gasteiger partial charge in [-0.05, 0) is 80.5 Å². The van der Waals surface area contributed by atoms with E-state index in [9.17, 15) is 4.79 Å². The predicted molar refractivity (Wildman–Crippen MR) is 156 cm³/mol. The summed E-state index contributed by atoms with van der Waals surface area (Å²) in [4.78, 5) is 29.1. The number of pyridine rings is 2. The summed E-state index contributed by atoms with van der Waals surface area (Å²) < 4.78 is 10.8. The molecule has 0 bridgehead atoms. The van der Waals surface area contributed by atoms with Crippen LogP contribution in [0.25, 0.3) is 11.1 Å². The molecule has 3 aromatic rings. The number of anilines is 2. The molecule has 1 amide bonds. The molecular weight excluding hydrogens is 504 g/mol. The van der Waals surface area contributed by atoms with E-state index < -0.39 is 0 Å². The lowest BCUT2D eigenvalue weighted by Crippen LogP contribution is -2.47. The van der Waals surface area contributed by atoms with Crippen LogP contribution in [-0.2, 0) is 4.74 Å². The molecule has 3 aromatic heterocycles. The number of furan rings is 1. The standard InChI is InChI=1S/C31H40N6O3/c38-31(28-4-2-18-40-28)33-27-7-5-24(6-8-27)9-11-35-12-14-36(15-13-35)29-21-26(25-3-1-10-32-23-25)22-30(34-29)37-16-19-39-20-17-37/h1-4,10,18,21-24,27H,5-9,11-17,19-20H2,(H,33,38)/t24-,27-. The number of hydrogen-bond acceptors (Lipinski definition) is 8. The Bertz CT molecular complexity index is 1220. The summed E-state index contributed by atoms with van der Waals surface area (Å²) >= 11 is 0. The van der Waals surface area contributed by atoms with Crippen molar-refractivity contribution in [3.8, 4) is 11.1 Å². The zero-order valence-corrected chi connectivity index (χ0v) is 23.2. The number of carbonyl (C=O) groups is 1. The van der Waals surface area contributed by atoms with Gasteiger partial charge in [-0.15, -0.1) is 0 Å². The van der Waals surface area contributed by atoms with E-state index >= 15 is 0 Å². The van der Waals surface area contributed by atoms with Gasteiger partial charge in [0.25, 0.3) is 5.91 Å². The molecule has 1 aliphatic carbocycles. The molecule has 212 valence electrons. The van der Waals surface area contributed by atoms with Crippen molar-refractivity contribution in [1.82, 2.24) is 20.2 Å². The first kappa shape index (κ1) is 26.8. The molecule has 9 nitrogen and oxygen atoms in total. The first-order valence-corrected chi connectivity index (χ1v) is 14.8. The lowest BCUT2D eigenvalue weighted by molar-refractivity contribution is 0.0891. The van der Waals surface area contributed by atoms with E-state index in [2.05, 4.69) is 43.2 Å². The Balaban J connectivity index is 1.00. The molecule has 2 aliphatic heterocycles. The van der Waals surface area contributed by atoms with Gasteiger partial charge >= 0.3 is 0 Å². The van der Waals surface area contributed by atoms with Crippen LogP contribution >= 0.6 is 0 Å². The first-order chi connectivity index (χ1) is 19.7. The molecule has 5 heterocycles. The van der Waals surface area contributed by atoms with E-state index in [1.807, 2.05) is 18.5 Å². The smallest absolute Gasteiger partial charge is 0.287 e. The highest BCUT2D eigenvalue weighted by atomic mass is 16.5. The Morgan fingerprint density at radius 2 is 1.65 bits per heavy atom. The summed E-state index contributed by atoms with van der Waals surface area (Å²) in [6.45, 7) is 8.45. The summed E-state index contributed by atoms with van der Waals surface area (Å²) in [7, 11) is 0. The second-order valence-corrected chi connectivity index (χ2v) is 11.2. The van der Waals surface area contributed by atoms with Crippen molar-refractivity contribution in [2.45, 2.75) is 38.1 Å². The Kier molecular flexibility index (Phi) is 8.59. The zero-order chi connectivity index (χ0) is 27.1. The highest BCUT2D eigenvalue weighted by Gasteiger charge is 2.25. The molecule has 1 N–H and O–H groups in total. The normalized spacial score (nSPS) is 22.3. The van der Waals surface area contributed by atoms with Gasteiger partial charge in [-0.25, -0.2) is 4.98 Å². The highest BCUT2D eigenvalue weighted by Crippen LogP contribution is 2.30. The van der Waals surface area contributed by atoms with Crippen LogP contribution in [0.5, 0.6) is 0 Å². The maximum Gasteiger partial charge on any atom is 0.287 e. The summed E-state index contributed by atoms with van der Waals surface area (Å²) in [5, 5.41) is 3.14. The highest BCUT2D eigenvalue weighted by molar-refractivity contribution is 5.91. The minimum atomic E-state index is -0.0937. The quantitative estimate of drug-likeness (QED) is 0.454. The fourth-order valence-electron chi connectivity index (χ4n) is 6.14. The summed E-state index contributed by atoms with van der Waals surface area (Å²) in [6, 6.07) is 12.3. The summed E-state index contributed by atoms with van der Waals surface area (Å²) in [5.41, 5.74) is 2.28. The van der Waals surface area contributed by atoms with E-state index in [4.69, 9.17) is 14.1 Å². The number of amides is 1. The minimum absolute atomic E-state index is 0.0937. The van der Waals surface area contributed by atoms with Crippen LogP contribution in [0.1, 0.15) is 42.7 Å². The van der Waals surface area contributed by atoms with Crippen LogP contribution in [0.2, 0.25) is 0 Å². The van der Waals surface area contributed by atoms with E-state index in [1.165, 1.54) is 19.3 Å². The predicted octanol–water partition coefficient (Wildman–Crippen LogP) is 4.07. The van der Waals surface area contributed by atoms with Crippen LogP contribution in [-0.4, -0.2) is 85.8 Å². The van der Waals surface area contributed by atoms with Crippen LogP contribution in [0.15, 0.2) is 59.5 Å². The molecule has 0 aromatic carbocycles.